The lowest BCUT2D eigenvalue weighted by Crippen LogP contribution is -1.89. The molecule has 0 aliphatic carbocycles. The summed E-state index contributed by atoms with van der Waals surface area (Å²) in [5.41, 5.74) is 2.35. The third kappa shape index (κ3) is 2.03. The van der Waals surface area contributed by atoms with Gasteiger partial charge in [-0.15, -0.1) is 11.3 Å². The first kappa shape index (κ1) is 9.44. The monoisotopic (exact) mass is 204 g/mol. The van der Waals surface area contributed by atoms with Crippen molar-refractivity contribution in [1.29, 1.82) is 0 Å². The molecule has 0 saturated heterocycles. The average Bonchev–Trinajstić information content (AvgIpc) is 2.67. The molecule has 72 valence electrons. The van der Waals surface area contributed by atoms with E-state index in [0.29, 0.717) is 0 Å². The van der Waals surface area contributed by atoms with Crippen LogP contribution in [0.25, 0.3) is 0 Å². The van der Waals surface area contributed by atoms with Gasteiger partial charge in [0.2, 0.25) is 0 Å². The van der Waals surface area contributed by atoms with Gasteiger partial charge in [-0.2, -0.15) is 0 Å². The zero-order valence-electron chi connectivity index (χ0n) is 7.81. The Balaban J connectivity index is 2.19. The lowest BCUT2D eigenvalue weighted by atomic mass is 10.1. The fourth-order valence-corrected chi connectivity index (χ4v) is 2.37. The fraction of sp³-hybridized carbons (Fsp3) is 0.167. The number of rotatable bonds is 3. The molecule has 14 heavy (non-hydrogen) atoms. The molecule has 0 spiro atoms. The molecular formula is C12H12OS. The van der Waals surface area contributed by atoms with Gasteiger partial charge < -0.3 is 5.11 Å². The minimum absolute atomic E-state index is 0.145. The molecule has 0 amide bonds. The molecule has 2 rings (SSSR count). The Kier molecular flexibility index (Phi) is 2.96. The van der Waals surface area contributed by atoms with Crippen molar-refractivity contribution < 1.29 is 5.11 Å². The van der Waals surface area contributed by atoms with E-state index in [4.69, 9.17) is 5.11 Å². The smallest absolute Gasteiger partial charge is 0.0692 e. The number of aliphatic hydroxyl groups is 1. The first-order valence-corrected chi connectivity index (χ1v) is 5.48. The van der Waals surface area contributed by atoms with Gasteiger partial charge in [-0.3, -0.25) is 0 Å². The van der Waals surface area contributed by atoms with Crippen LogP contribution < -0.4 is 0 Å². The maximum absolute atomic E-state index is 9.09. The van der Waals surface area contributed by atoms with Gasteiger partial charge in [0.25, 0.3) is 0 Å². The van der Waals surface area contributed by atoms with Crippen molar-refractivity contribution in [1.82, 2.24) is 0 Å². The first-order chi connectivity index (χ1) is 6.90. The molecule has 2 aromatic rings. The Morgan fingerprint density at radius 3 is 2.57 bits per heavy atom. The van der Waals surface area contributed by atoms with Crippen LogP contribution in [0.1, 0.15) is 16.0 Å². The number of benzene rings is 1. The summed E-state index contributed by atoms with van der Waals surface area (Å²) in [6.07, 6.45) is 0.925. The van der Waals surface area contributed by atoms with Gasteiger partial charge in [-0.1, -0.05) is 30.3 Å². The highest BCUT2D eigenvalue weighted by molar-refractivity contribution is 7.10. The molecule has 2 heteroatoms. The second kappa shape index (κ2) is 4.40. The number of aliphatic hydroxyl groups excluding tert-OH is 1. The summed E-state index contributed by atoms with van der Waals surface area (Å²) in [6, 6.07) is 12.3. The summed E-state index contributed by atoms with van der Waals surface area (Å²) >= 11 is 1.71. The minimum atomic E-state index is 0.145. The zero-order valence-corrected chi connectivity index (χ0v) is 8.63. The highest BCUT2D eigenvalue weighted by Crippen LogP contribution is 2.20. The fourth-order valence-electron chi connectivity index (χ4n) is 1.44. The Morgan fingerprint density at radius 2 is 1.86 bits per heavy atom. The van der Waals surface area contributed by atoms with Crippen molar-refractivity contribution in [3.05, 3.63) is 57.8 Å². The van der Waals surface area contributed by atoms with Crippen LogP contribution in [0.15, 0.2) is 41.8 Å². The van der Waals surface area contributed by atoms with Gasteiger partial charge in [0.1, 0.15) is 0 Å². The molecule has 0 atom stereocenters. The molecule has 0 saturated carbocycles. The topological polar surface area (TPSA) is 20.2 Å². The largest absolute Gasteiger partial charge is 0.392 e. The Hall–Kier alpha value is -1.12. The van der Waals surface area contributed by atoms with E-state index < -0.39 is 0 Å². The molecular weight excluding hydrogens is 192 g/mol. The molecule has 0 bridgehead atoms. The van der Waals surface area contributed by atoms with Crippen LogP contribution in [-0.2, 0) is 13.0 Å². The SMILES string of the molecule is OCc1ccsc1Cc1ccccc1. The second-order valence-electron chi connectivity index (χ2n) is 3.19. The summed E-state index contributed by atoms with van der Waals surface area (Å²) in [5.74, 6) is 0. The van der Waals surface area contributed by atoms with Crippen molar-refractivity contribution in [3.8, 4) is 0 Å². The molecule has 1 aromatic carbocycles. The number of hydrogen-bond donors (Lipinski definition) is 1. The maximum Gasteiger partial charge on any atom is 0.0692 e. The van der Waals surface area contributed by atoms with E-state index in [-0.39, 0.29) is 6.61 Å². The van der Waals surface area contributed by atoms with Gasteiger partial charge in [0.05, 0.1) is 6.61 Å². The molecule has 0 unspecified atom stereocenters. The van der Waals surface area contributed by atoms with Crippen molar-refractivity contribution in [3.63, 3.8) is 0 Å². The van der Waals surface area contributed by atoms with Crippen LogP contribution >= 0.6 is 11.3 Å². The van der Waals surface area contributed by atoms with Crippen molar-refractivity contribution in [2.24, 2.45) is 0 Å². The molecule has 0 aliphatic rings. The highest BCUT2D eigenvalue weighted by Gasteiger charge is 2.03. The standard InChI is InChI=1S/C12H12OS/c13-9-11-6-7-14-12(11)8-10-4-2-1-3-5-10/h1-7,13H,8-9H2. The predicted octanol–water partition coefficient (Wildman–Crippen LogP) is 2.83. The predicted molar refractivity (Wildman–Crippen MR) is 59.5 cm³/mol. The summed E-state index contributed by atoms with van der Waals surface area (Å²) in [7, 11) is 0. The minimum Gasteiger partial charge on any atom is -0.392 e. The molecule has 1 aromatic heterocycles. The lowest BCUT2D eigenvalue weighted by Gasteiger charge is -2.00. The van der Waals surface area contributed by atoms with Gasteiger partial charge in [-0.05, 0) is 22.6 Å². The maximum atomic E-state index is 9.09. The summed E-state index contributed by atoms with van der Waals surface area (Å²) in [5, 5.41) is 11.1. The molecule has 0 aliphatic heterocycles. The third-order valence-electron chi connectivity index (χ3n) is 2.22. The molecule has 1 N–H and O–H groups in total. The molecule has 1 nitrogen and oxygen atoms in total. The van der Waals surface area contributed by atoms with E-state index in [0.717, 1.165) is 12.0 Å². The van der Waals surface area contributed by atoms with Crippen LogP contribution in [-0.4, -0.2) is 5.11 Å². The average molecular weight is 204 g/mol. The molecule has 1 heterocycles. The normalized spacial score (nSPS) is 10.4. The van der Waals surface area contributed by atoms with Crippen molar-refractivity contribution in [2.45, 2.75) is 13.0 Å². The van der Waals surface area contributed by atoms with Gasteiger partial charge in [0, 0.05) is 11.3 Å². The molecule has 0 radical (unpaired) electrons. The third-order valence-corrected chi connectivity index (χ3v) is 3.18. The number of hydrogen-bond acceptors (Lipinski definition) is 2. The van der Waals surface area contributed by atoms with Crippen molar-refractivity contribution >= 4 is 11.3 Å². The Bertz CT molecular complexity index is 392. The Labute approximate surface area is 87.7 Å². The van der Waals surface area contributed by atoms with Crippen LogP contribution in [0.2, 0.25) is 0 Å². The van der Waals surface area contributed by atoms with Crippen LogP contribution in [0, 0.1) is 0 Å². The second-order valence-corrected chi connectivity index (χ2v) is 4.19. The van der Waals surface area contributed by atoms with Crippen LogP contribution in [0.3, 0.4) is 0 Å². The van der Waals surface area contributed by atoms with E-state index in [1.807, 2.05) is 29.6 Å². The highest BCUT2D eigenvalue weighted by atomic mass is 32.1. The first-order valence-electron chi connectivity index (χ1n) is 4.60. The Morgan fingerprint density at radius 1 is 1.07 bits per heavy atom. The van der Waals surface area contributed by atoms with Crippen LogP contribution in [0.5, 0.6) is 0 Å². The van der Waals surface area contributed by atoms with E-state index in [1.54, 1.807) is 11.3 Å². The summed E-state index contributed by atoms with van der Waals surface area (Å²) < 4.78 is 0. The quantitative estimate of drug-likeness (QED) is 0.815. The van der Waals surface area contributed by atoms with Crippen molar-refractivity contribution in [2.75, 3.05) is 0 Å². The zero-order chi connectivity index (χ0) is 9.80. The van der Waals surface area contributed by atoms with Gasteiger partial charge in [0.15, 0.2) is 0 Å². The van der Waals surface area contributed by atoms with Crippen LogP contribution in [0.4, 0.5) is 0 Å². The molecule has 0 fully saturated rings. The summed E-state index contributed by atoms with van der Waals surface area (Å²) in [6.45, 7) is 0.145. The van der Waals surface area contributed by atoms with Gasteiger partial charge in [-0.25, -0.2) is 0 Å². The van der Waals surface area contributed by atoms with Gasteiger partial charge >= 0.3 is 0 Å². The lowest BCUT2D eigenvalue weighted by molar-refractivity contribution is 0.281. The van der Waals surface area contributed by atoms with E-state index in [1.165, 1.54) is 10.4 Å². The van der Waals surface area contributed by atoms with E-state index in [2.05, 4.69) is 12.1 Å². The number of thiophene rings is 1. The van der Waals surface area contributed by atoms with E-state index in [9.17, 15) is 0 Å². The summed E-state index contributed by atoms with van der Waals surface area (Å²) in [4.78, 5) is 1.26. The van der Waals surface area contributed by atoms with E-state index >= 15 is 0 Å².